The number of hydrogen-bond acceptors (Lipinski definition) is 5. The number of fused-ring (bicyclic) bond motifs is 1. The predicted octanol–water partition coefficient (Wildman–Crippen LogP) is 5.85. The lowest BCUT2D eigenvalue weighted by Crippen LogP contribution is -2.14. The van der Waals surface area contributed by atoms with Crippen molar-refractivity contribution in [3.8, 4) is 5.69 Å². The van der Waals surface area contributed by atoms with Crippen LogP contribution in [0.1, 0.15) is 25.7 Å². The second-order valence-electron chi connectivity index (χ2n) is 6.28. The molecule has 4 rings (SSSR count). The Labute approximate surface area is 184 Å². The third kappa shape index (κ3) is 3.99. The van der Waals surface area contributed by atoms with Gasteiger partial charge in [-0.25, -0.2) is 9.48 Å². The maximum atomic E-state index is 12.5. The minimum Gasteiger partial charge on any atom is -0.453 e. The number of hydrogen-bond donors (Lipinski definition) is 0. The highest BCUT2D eigenvalue weighted by Crippen LogP contribution is 2.31. The average Bonchev–Trinajstić information content (AvgIpc) is 3.28. The Morgan fingerprint density at radius 2 is 1.90 bits per heavy atom. The number of carbonyl (C=O) groups is 2. The molecule has 0 radical (unpaired) electrons. The van der Waals surface area contributed by atoms with Gasteiger partial charge in [0, 0.05) is 20.4 Å². The van der Waals surface area contributed by atoms with E-state index in [2.05, 4.69) is 21.0 Å². The van der Waals surface area contributed by atoms with E-state index in [9.17, 15) is 9.59 Å². The van der Waals surface area contributed by atoms with E-state index in [0.29, 0.717) is 19.9 Å². The van der Waals surface area contributed by atoms with Crippen molar-refractivity contribution in [2.45, 2.75) is 6.92 Å². The molecule has 0 atom stereocenters. The van der Waals surface area contributed by atoms with E-state index in [-0.39, 0.29) is 12.4 Å². The molecule has 2 aromatic carbocycles. The van der Waals surface area contributed by atoms with E-state index in [1.807, 2.05) is 25.1 Å². The van der Waals surface area contributed by atoms with Crippen molar-refractivity contribution < 1.29 is 14.3 Å². The monoisotopic (exact) mass is 488 g/mol. The third-order valence-electron chi connectivity index (χ3n) is 4.33. The van der Waals surface area contributed by atoms with Gasteiger partial charge in [0.15, 0.2) is 6.61 Å². The molecule has 0 fully saturated rings. The van der Waals surface area contributed by atoms with Crippen LogP contribution >= 0.6 is 38.9 Å². The number of aryl methyl sites for hydroxylation is 1. The summed E-state index contributed by atoms with van der Waals surface area (Å²) in [6.07, 6.45) is 0. The number of thiophene rings is 1. The number of ether oxygens (including phenoxy) is 1. The van der Waals surface area contributed by atoms with Crippen LogP contribution in [-0.2, 0) is 4.74 Å². The number of benzene rings is 2. The lowest BCUT2D eigenvalue weighted by Gasteiger charge is -2.05. The minimum atomic E-state index is -0.534. The Kier molecular flexibility index (Phi) is 5.54. The quantitative estimate of drug-likeness (QED) is 0.260. The van der Waals surface area contributed by atoms with Gasteiger partial charge in [0.2, 0.25) is 5.78 Å². The number of aromatic nitrogens is 2. The molecule has 0 aliphatic rings. The van der Waals surface area contributed by atoms with E-state index in [1.165, 1.54) is 11.3 Å². The number of carbonyl (C=O) groups excluding carboxylic acids is 2. The molecule has 0 saturated carbocycles. The first-order chi connectivity index (χ1) is 13.9. The predicted molar refractivity (Wildman–Crippen MR) is 117 cm³/mol. The fraction of sp³-hybridized carbons (Fsp3) is 0.0952. The van der Waals surface area contributed by atoms with Crippen molar-refractivity contribution in [1.29, 1.82) is 0 Å². The van der Waals surface area contributed by atoms with Crippen LogP contribution in [0.5, 0.6) is 0 Å². The molecule has 146 valence electrons. The van der Waals surface area contributed by atoms with Crippen molar-refractivity contribution in [2.24, 2.45) is 0 Å². The third-order valence-corrected chi connectivity index (χ3v) is 6.36. The summed E-state index contributed by atoms with van der Waals surface area (Å²) in [7, 11) is 0. The highest BCUT2D eigenvalue weighted by atomic mass is 79.9. The van der Waals surface area contributed by atoms with Crippen LogP contribution in [0, 0.1) is 6.92 Å². The molecule has 0 bridgehead atoms. The molecule has 29 heavy (non-hydrogen) atoms. The number of rotatable bonds is 5. The first-order valence-electron chi connectivity index (χ1n) is 8.64. The number of esters is 1. The van der Waals surface area contributed by atoms with Gasteiger partial charge in [-0.15, -0.1) is 11.3 Å². The van der Waals surface area contributed by atoms with Gasteiger partial charge in [0.1, 0.15) is 9.71 Å². The molecule has 8 heteroatoms. The van der Waals surface area contributed by atoms with Crippen LogP contribution in [0.15, 0.2) is 59.1 Å². The fourth-order valence-electron chi connectivity index (χ4n) is 2.87. The van der Waals surface area contributed by atoms with Gasteiger partial charge in [-0.3, -0.25) is 4.79 Å². The maximum Gasteiger partial charge on any atom is 0.348 e. The molecule has 5 nitrogen and oxygen atoms in total. The summed E-state index contributed by atoms with van der Waals surface area (Å²) < 4.78 is 7.69. The molecular formula is C21H14BrClN2O3S. The van der Waals surface area contributed by atoms with Gasteiger partial charge < -0.3 is 4.74 Å². The Bertz CT molecular complexity index is 1230. The Morgan fingerprint density at radius 3 is 2.62 bits per heavy atom. The van der Waals surface area contributed by atoms with Crippen LogP contribution in [-0.4, -0.2) is 28.1 Å². The van der Waals surface area contributed by atoms with Crippen molar-refractivity contribution in [1.82, 2.24) is 9.78 Å². The molecule has 0 amide bonds. The summed E-state index contributed by atoms with van der Waals surface area (Å²) in [5.74, 6) is -0.802. The van der Waals surface area contributed by atoms with E-state index in [1.54, 1.807) is 41.1 Å². The van der Waals surface area contributed by atoms with Crippen molar-refractivity contribution in [2.75, 3.05) is 6.61 Å². The molecule has 0 N–H and O–H groups in total. The zero-order valence-corrected chi connectivity index (χ0v) is 18.3. The number of Topliss-reactive ketones (excluding diaryl/α,β-unsaturated/α-hetero) is 1. The Hall–Kier alpha value is -2.48. The number of halogens is 2. The summed E-state index contributed by atoms with van der Waals surface area (Å²) in [6.45, 7) is 1.56. The van der Waals surface area contributed by atoms with E-state index in [0.717, 1.165) is 21.6 Å². The molecule has 0 spiro atoms. The Morgan fingerprint density at radius 1 is 1.17 bits per heavy atom. The minimum absolute atomic E-state index is 0.268. The topological polar surface area (TPSA) is 61.2 Å². The van der Waals surface area contributed by atoms with Crippen LogP contribution in [0.25, 0.3) is 15.9 Å². The van der Waals surface area contributed by atoms with Crippen molar-refractivity contribution in [3.05, 3.63) is 80.2 Å². The van der Waals surface area contributed by atoms with Gasteiger partial charge in [-0.1, -0.05) is 45.7 Å². The summed E-state index contributed by atoms with van der Waals surface area (Å²) in [5.41, 5.74) is 2.12. The second kappa shape index (κ2) is 8.10. The average molecular weight is 490 g/mol. The molecule has 2 aromatic heterocycles. The summed E-state index contributed by atoms with van der Waals surface area (Å²) in [5, 5.41) is 6.05. The maximum absolute atomic E-state index is 12.5. The highest BCUT2D eigenvalue weighted by molar-refractivity contribution is 9.10. The molecule has 4 aromatic rings. The molecule has 0 aliphatic carbocycles. The number of nitrogens with zero attached hydrogens (tertiary/aromatic N) is 2. The smallest absolute Gasteiger partial charge is 0.348 e. The van der Waals surface area contributed by atoms with Gasteiger partial charge >= 0.3 is 5.97 Å². The van der Waals surface area contributed by atoms with E-state index in [4.69, 9.17) is 16.3 Å². The SMILES string of the molecule is Cc1nn(-c2ccc(Cl)cc2)c2sc(C(=O)OCC(=O)c3ccccc3Br)cc12. The van der Waals surface area contributed by atoms with Crippen LogP contribution in [0.4, 0.5) is 0 Å². The zero-order valence-electron chi connectivity index (χ0n) is 15.2. The highest BCUT2D eigenvalue weighted by Gasteiger charge is 2.19. The van der Waals surface area contributed by atoms with Gasteiger partial charge in [-0.2, -0.15) is 5.10 Å². The largest absolute Gasteiger partial charge is 0.453 e. The molecule has 0 saturated heterocycles. The van der Waals surface area contributed by atoms with Gasteiger partial charge in [0.25, 0.3) is 0 Å². The Balaban J connectivity index is 1.56. The summed E-state index contributed by atoms with van der Waals surface area (Å²) in [6, 6.07) is 16.1. The lowest BCUT2D eigenvalue weighted by molar-refractivity contribution is 0.0479. The van der Waals surface area contributed by atoms with Gasteiger partial charge in [-0.05, 0) is 43.3 Å². The van der Waals surface area contributed by atoms with Crippen molar-refractivity contribution in [3.63, 3.8) is 0 Å². The van der Waals surface area contributed by atoms with Gasteiger partial charge in [0.05, 0.1) is 11.4 Å². The number of ketones is 1. The first kappa shape index (κ1) is 19.8. The summed E-state index contributed by atoms with van der Waals surface area (Å²) >= 11 is 10.6. The zero-order chi connectivity index (χ0) is 20.5. The van der Waals surface area contributed by atoms with E-state index >= 15 is 0 Å². The molecule has 2 heterocycles. The van der Waals surface area contributed by atoms with Crippen LogP contribution in [0.3, 0.4) is 0 Å². The first-order valence-corrected chi connectivity index (χ1v) is 10.6. The van der Waals surface area contributed by atoms with Crippen molar-refractivity contribution >= 4 is 60.8 Å². The standard InChI is InChI=1S/C21H14BrClN2O3S/c1-12-16-10-19(21(27)28-11-18(26)15-4-2-3-5-17(15)22)29-20(16)25(24-12)14-8-6-13(23)7-9-14/h2-10H,11H2,1H3. The molecule has 0 unspecified atom stereocenters. The van der Waals surface area contributed by atoms with E-state index < -0.39 is 5.97 Å². The molecular weight excluding hydrogens is 476 g/mol. The normalized spacial score (nSPS) is 11.0. The van der Waals surface area contributed by atoms with Crippen LogP contribution < -0.4 is 0 Å². The fourth-order valence-corrected chi connectivity index (χ4v) is 4.58. The summed E-state index contributed by atoms with van der Waals surface area (Å²) in [4.78, 5) is 26.1. The lowest BCUT2D eigenvalue weighted by atomic mass is 10.1. The van der Waals surface area contributed by atoms with Crippen LogP contribution in [0.2, 0.25) is 5.02 Å². The molecule has 0 aliphatic heterocycles. The second-order valence-corrected chi connectivity index (χ2v) is 8.60.